The highest BCUT2D eigenvalue weighted by Crippen LogP contribution is 2.21. The number of nitrogens with zero attached hydrogens (tertiary/aromatic N) is 1. The van der Waals surface area contributed by atoms with Gasteiger partial charge in [-0.1, -0.05) is 46.3 Å². The maximum atomic E-state index is 12.1. The standard InChI is InChI=1S/C22H20BrN3O4/c1-14(22(29)26-24-12-17-10-18(23)7-9-20(17)27)25-21(28)13-30-19-8-6-15-4-2-3-5-16(15)11-19/h2-12,14,27H,13H2,1H3,(H,25,28)(H,26,29)/b24-12+. The van der Waals surface area contributed by atoms with E-state index in [-0.39, 0.29) is 12.4 Å². The predicted molar refractivity (Wildman–Crippen MR) is 119 cm³/mol. The van der Waals surface area contributed by atoms with Crippen molar-refractivity contribution in [1.29, 1.82) is 0 Å². The Kier molecular flexibility index (Phi) is 7.03. The number of hydrogen-bond donors (Lipinski definition) is 3. The van der Waals surface area contributed by atoms with Crippen molar-refractivity contribution in [1.82, 2.24) is 10.7 Å². The summed E-state index contributed by atoms with van der Waals surface area (Å²) in [5, 5.41) is 18.2. The zero-order valence-electron chi connectivity index (χ0n) is 16.1. The van der Waals surface area contributed by atoms with Crippen LogP contribution in [0.15, 0.2) is 70.2 Å². The van der Waals surface area contributed by atoms with E-state index in [0.29, 0.717) is 11.3 Å². The van der Waals surface area contributed by atoms with Gasteiger partial charge in [-0.2, -0.15) is 5.10 Å². The smallest absolute Gasteiger partial charge is 0.262 e. The number of phenolic OH excluding ortho intramolecular Hbond substituents is 1. The Balaban J connectivity index is 1.47. The molecule has 0 saturated carbocycles. The molecule has 7 nitrogen and oxygen atoms in total. The molecular formula is C22H20BrN3O4. The molecule has 3 N–H and O–H groups in total. The summed E-state index contributed by atoms with van der Waals surface area (Å²) in [6, 6.07) is 17.4. The second kappa shape index (κ2) is 9.89. The van der Waals surface area contributed by atoms with E-state index in [1.54, 1.807) is 18.2 Å². The van der Waals surface area contributed by atoms with E-state index in [9.17, 15) is 14.7 Å². The molecule has 1 unspecified atom stereocenters. The summed E-state index contributed by atoms with van der Waals surface area (Å²) in [5.74, 6) is -0.331. The third-order valence-electron chi connectivity index (χ3n) is 4.23. The molecule has 2 amide bonds. The number of amides is 2. The van der Waals surface area contributed by atoms with Crippen LogP contribution in [0.1, 0.15) is 12.5 Å². The van der Waals surface area contributed by atoms with Gasteiger partial charge in [0.1, 0.15) is 17.5 Å². The number of rotatable bonds is 7. The van der Waals surface area contributed by atoms with Crippen LogP contribution in [0.5, 0.6) is 11.5 Å². The first-order valence-corrected chi connectivity index (χ1v) is 9.94. The number of ether oxygens (including phenoxy) is 1. The summed E-state index contributed by atoms with van der Waals surface area (Å²) in [6.45, 7) is 1.32. The first kappa shape index (κ1) is 21.3. The monoisotopic (exact) mass is 469 g/mol. The Morgan fingerprint density at radius 3 is 2.70 bits per heavy atom. The molecule has 0 fully saturated rings. The molecule has 3 aromatic rings. The number of hydrazone groups is 1. The van der Waals surface area contributed by atoms with Crippen molar-refractivity contribution < 1.29 is 19.4 Å². The molecule has 0 spiro atoms. The summed E-state index contributed by atoms with van der Waals surface area (Å²) in [7, 11) is 0. The van der Waals surface area contributed by atoms with E-state index in [4.69, 9.17) is 4.74 Å². The molecular weight excluding hydrogens is 450 g/mol. The van der Waals surface area contributed by atoms with Gasteiger partial charge in [-0.15, -0.1) is 0 Å². The fraction of sp³-hybridized carbons (Fsp3) is 0.136. The third-order valence-corrected chi connectivity index (χ3v) is 4.72. The number of fused-ring (bicyclic) bond motifs is 1. The molecule has 0 bridgehead atoms. The van der Waals surface area contributed by atoms with E-state index in [0.717, 1.165) is 15.2 Å². The molecule has 1 atom stereocenters. The molecule has 0 heterocycles. The topological polar surface area (TPSA) is 100 Å². The minimum absolute atomic E-state index is 0.0309. The van der Waals surface area contributed by atoms with Gasteiger partial charge in [-0.3, -0.25) is 9.59 Å². The number of carbonyl (C=O) groups excluding carboxylic acids is 2. The van der Waals surface area contributed by atoms with Gasteiger partial charge in [-0.05, 0) is 48.0 Å². The fourth-order valence-electron chi connectivity index (χ4n) is 2.65. The number of phenols is 1. The van der Waals surface area contributed by atoms with Gasteiger partial charge in [0, 0.05) is 10.0 Å². The second-order valence-corrected chi connectivity index (χ2v) is 7.44. The van der Waals surface area contributed by atoms with Crippen molar-refractivity contribution in [2.24, 2.45) is 5.10 Å². The molecule has 0 aliphatic rings. The molecule has 3 aromatic carbocycles. The van der Waals surface area contributed by atoms with Crippen LogP contribution in [0.2, 0.25) is 0 Å². The van der Waals surface area contributed by atoms with Crippen LogP contribution in [0.3, 0.4) is 0 Å². The minimum Gasteiger partial charge on any atom is -0.507 e. The van der Waals surface area contributed by atoms with Gasteiger partial charge in [-0.25, -0.2) is 5.43 Å². The fourth-order valence-corrected chi connectivity index (χ4v) is 3.02. The Morgan fingerprint density at radius 1 is 1.13 bits per heavy atom. The quantitative estimate of drug-likeness (QED) is 0.364. The van der Waals surface area contributed by atoms with Crippen molar-refractivity contribution in [2.45, 2.75) is 13.0 Å². The van der Waals surface area contributed by atoms with Crippen molar-refractivity contribution in [3.8, 4) is 11.5 Å². The molecule has 30 heavy (non-hydrogen) atoms. The highest BCUT2D eigenvalue weighted by atomic mass is 79.9. The molecule has 3 rings (SSSR count). The first-order valence-electron chi connectivity index (χ1n) is 9.15. The van der Waals surface area contributed by atoms with Gasteiger partial charge in [0.25, 0.3) is 11.8 Å². The maximum Gasteiger partial charge on any atom is 0.262 e. The number of hydrogen-bond acceptors (Lipinski definition) is 5. The molecule has 0 aliphatic heterocycles. The molecule has 154 valence electrons. The van der Waals surface area contributed by atoms with Gasteiger partial charge in [0.05, 0.1) is 6.21 Å². The largest absolute Gasteiger partial charge is 0.507 e. The Bertz CT molecular complexity index is 1100. The third kappa shape index (κ3) is 5.81. The molecule has 0 radical (unpaired) electrons. The SMILES string of the molecule is CC(NC(=O)COc1ccc2ccccc2c1)C(=O)N/N=C/c1cc(Br)ccc1O. The van der Waals surface area contributed by atoms with Gasteiger partial charge >= 0.3 is 0 Å². The summed E-state index contributed by atoms with van der Waals surface area (Å²) >= 11 is 3.29. The summed E-state index contributed by atoms with van der Waals surface area (Å²) in [5.41, 5.74) is 2.76. The number of halogens is 1. The van der Waals surface area contributed by atoms with Crippen LogP contribution in [0.4, 0.5) is 0 Å². The molecule has 0 saturated heterocycles. The van der Waals surface area contributed by atoms with Gasteiger partial charge in [0.2, 0.25) is 0 Å². The average Bonchev–Trinajstić information content (AvgIpc) is 2.74. The van der Waals surface area contributed by atoms with Crippen molar-refractivity contribution in [2.75, 3.05) is 6.61 Å². The van der Waals surface area contributed by atoms with Gasteiger partial charge < -0.3 is 15.2 Å². The Hall–Kier alpha value is -3.39. The van der Waals surface area contributed by atoms with Crippen LogP contribution in [-0.2, 0) is 9.59 Å². The maximum absolute atomic E-state index is 12.1. The first-order chi connectivity index (χ1) is 14.4. The number of carbonyl (C=O) groups is 2. The second-order valence-electron chi connectivity index (χ2n) is 6.52. The van der Waals surface area contributed by atoms with Crippen molar-refractivity contribution in [3.05, 3.63) is 70.7 Å². The van der Waals surface area contributed by atoms with Crippen molar-refractivity contribution >= 4 is 44.7 Å². The lowest BCUT2D eigenvalue weighted by molar-refractivity contribution is -0.129. The van der Waals surface area contributed by atoms with Crippen molar-refractivity contribution in [3.63, 3.8) is 0 Å². The van der Waals surface area contributed by atoms with E-state index < -0.39 is 17.9 Å². The Morgan fingerprint density at radius 2 is 1.90 bits per heavy atom. The lowest BCUT2D eigenvalue weighted by Gasteiger charge is -2.13. The molecule has 0 aromatic heterocycles. The lowest BCUT2D eigenvalue weighted by Crippen LogP contribution is -2.45. The Labute approximate surface area is 181 Å². The van der Waals surface area contributed by atoms with E-state index in [1.807, 2.05) is 36.4 Å². The van der Waals surface area contributed by atoms with Crippen LogP contribution >= 0.6 is 15.9 Å². The molecule has 0 aliphatic carbocycles. The van der Waals surface area contributed by atoms with E-state index in [1.165, 1.54) is 19.2 Å². The lowest BCUT2D eigenvalue weighted by atomic mass is 10.1. The number of benzene rings is 3. The summed E-state index contributed by atoms with van der Waals surface area (Å²) in [4.78, 5) is 24.2. The highest BCUT2D eigenvalue weighted by Gasteiger charge is 2.15. The highest BCUT2D eigenvalue weighted by molar-refractivity contribution is 9.10. The van der Waals surface area contributed by atoms with Crippen LogP contribution in [-0.4, -0.2) is 35.8 Å². The van der Waals surface area contributed by atoms with Gasteiger partial charge in [0.15, 0.2) is 6.61 Å². The zero-order valence-corrected chi connectivity index (χ0v) is 17.7. The normalized spacial score (nSPS) is 11.9. The van der Waals surface area contributed by atoms with Crippen LogP contribution in [0, 0.1) is 0 Å². The zero-order chi connectivity index (χ0) is 21.5. The minimum atomic E-state index is -0.814. The summed E-state index contributed by atoms with van der Waals surface area (Å²) in [6.07, 6.45) is 1.31. The van der Waals surface area contributed by atoms with E-state index in [2.05, 4.69) is 31.8 Å². The van der Waals surface area contributed by atoms with Crippen LogP contribution in [0.25, 0.3) is 10.8 Å². The molecule has 8 heteroatoms. The predicted octanol–water partition coefficient (Wildman–Crippen LogP) is 3.34. The average molecular weight is 470 g/mol. The van der Waals surface area contributed by atoms with Crippen LogP contribution < -0.4 is 15.5 Å². The number of nitrogens with one attached hydrogen (secondary N) is 2. The summed E-state index contributed by atoms with van der Waals surface area (Å²) < 4.78 is 6.28. The van der Waals surface area contributed by atoms with E-state index >= 15 is 0 Å². The number of aromatic hydroxyl groups is 1.